The molecule has 0 saturated carbocycles. The molecule has 3 rings (SSSR count). The molecule has 8 heteroatoms. The topological polar surface area (TPSA) is 79.5 Å². The minimum atomic E-state index is -0.299. The fourth-order valence-electron chi connectivity index (χ4n) is 3.75. The third-order valence-electron chi connectivity index (χ3n) is 5.24. The van der Waals surface area contributed by atoms with Crippen LogP contribution in [0.25, 0.3) is 11.4 Å². The number of hydrogen-bond acceptors (Lipinski definition) is 5. The fraction of sp³-hybridized carbons (Fsp3) is 0.478. The van der Waals surface area contributed by atoms with Crippen LogP contribution in [0.1, 0.15) is 51.5 Å². The number of nitrogens with zero attached hydrogens (tertiary/aromatic N) is 4. The van der Waals surface area contributed by atoms with E-state index in [4.69, 9.17) is 16.1 Å². The minimum absolute atomic E-state index is 0.0172. The van der Waals surface area contributed by atoms with Gasteiger partial charge in [0, 0.05) is 30.1 Å². The first-order chi connectivity index (χ1) is 14.9. The Balaban J connectivity index is 1.76. The Hall–Kier alpha value is -2.67. The number of amides is 2. The highest BCUT2D eigenvalue weighted by atomic mass is 35.5. The molecule has 0 N–H and O–H groups in total. The van der Waals surface area contributed by atoms with Crippen molar-refractivity contribution in [1.29, 1.82) is 0 Å². The molecule has 2 heterocycles. The van der Waals surface area contributed by atoms with E-state index in [0.717, 1.165) is 24.8 Å². The molecule has 1 aliphatic rings. The molecule has 1 atom stereocenters. The molecule has 0 aliphatic carbocycles. The highest BCUT2D eigenvalue weighted by Crippen LogP contribution is 2.31. The number of benzene rings is 1. The second-order valence-electron chi connectivity index (χ2n) is 8.23. The van der Waals surface area contributed by atoms with Crippen molar-refractivity contribution < 1.29 is 14.1 Å². The van der Waals surface area contributed by atoms with Crippen LogP contribution < -0.4 is 0 Å². The molecule has 2 amide bonds. The zero-order valence-corrected chi connectivity index (χ0v) is 18.8. The Morgan fingerprint density at radius 3 is 2.90 bits per heavy atom. The van der Waals surface area contributed by atoms with E-state index in [0.29, 0.717) is 36.2 Å². The third kappa shape index (κ3) is 5.94. The summed E-state index contributed by atoms with van der Waals surface area (Å²) in [4.78, 5) is 33.6. The van der Waals surface area contributed by atoms with Gasteiger partial charge in [-0.2, -0.15) is 4.98 Å². The average Bonchev–Trinajstić information content (AvgIpc) is 3.23. The summed E-state index contributed by atoms with van der Waals surface area (Å²) in [7, 11) is 0. The molecular weight excluding hydrogens is 416 g/mol. The van der Waals surface area contributed by atoms with Crippen LogP contribution in [0.4, 0.5) is 0 Å². The molecule has 1 aromatic heterocycles. The number of rotatable bonds is 8. The lowest BCUT2D eigenvalue weighted by Crippen LogP contribution is -2.46. The minimum Gasteiger partial charge on any atom is -0.337 e. The molecule has 166 valence electrons. The van der Waals surface area contributed by atoms with Gasteiger partial charge in [-0.1, -0.05) is 48.8 Å². The predicted molar refractivity (Wildman–Crippen MR) is 119 cm³/mol. The lowest BCUT2D eigenvalue weighted by atomic mass is 10.0. The Kier molecular flexibility index (Phi) is 7.85. The maximum atomic E-state index is 13.2. The van der Waals surface area contributed by atoms with Gasteiger partial charge < -0.3 is 14.3 Å². The molecule has 1 saturated heterocycles. The predicted octanol–water partition coefficient (Wildman–Crippen LogP) is 4.50. The van der Waals surface area contributed by atoms with E-state index in [-0.39, 0.29) is 30.3 Å². The molecule has 1 aromatic carbocycles. The summed E-state index contributed by atoms with van der Waals surface area (Å²) < 4.78 is 5.54. The quantitative estimate of drug-likeness (QED) is 0.560. The summed E-state index contributed by atoms with van der Waals surface area (Å²) in [5, 5.41) is 4.68. The van der Waals surface area contributed by atoms with Crippen molar-refractivity contribution in [3.8, 4) is 11.4 Å². The lowest BCUT2D eigenvalue weighted by Gasteiger charge is -2.35. The van der Waals surface area contributed by atoms with Gasteiger partial charge in [-0.15, -0.1) is 6.58 Å². The maximum Gasteiger partial charge on any atom is 0.249 e. The van der Waals surface area contributed by atoms with Gasteiger partial charge in [-0.05, 0) is 37.3 Å². The number of carbonyl (C=O) groups is 2. The van der Waals surface area contributed by atoms with Crippen LogP contribution in [0.2, 0.25) is 5.02 Å². The van der Waals surface area contributed by atoms with E-state index in [1.807, 2.05) is 26.0 Å². The largest absolute Gasteiger partial charge is 0.337 e. The molecule has 0 bridgehead atoms. The molecular formula is C23H29ClN4O3. The van der Waals surface area contributed by atoms with E-state index in [1.54, 1.807) is 28.0 Å². The van der Waals surface area contributed by atoms with E-state index in [1.165, 1.54) is 0 Å². The fourth-order valence-corrected chi connectivity index (χ4v) is 3.94. The summed E-state index contributed by atoms with van der Waals surface area (Å²) in [6, 6.07) is 6.94. The Bertz CT molecular complexity index is 927. The summed E-state index contributed by atoms with van der Waals surface area (Å²) in [5.74, 6) is 0.910. The third-order valence-corrected chi connectivity index (χ3v) is 5.48. The number of halogens is 1. The normalized spacial score (nSPS) is 16.4. The van der Waals surface area contributed by atoms with Crippen molar-refractivity contribution in [3.05, 3.63) is 47.8 Å². The number of aromatic nitrogens is 2. The highest BCUT2D eigenvalue weighted by molar-refractivity contribution is 6.30. The van der Waals surface area contributed by atoms with Crippen molar-refractivity contribution in [2.24, 2.45) is 5.92 Å². The van der Waals surface area contributed by atoms with Gasteiger partial charge in [0.05, 0.1) is 0 Å². The standard InChI is InChI=1S/C23H29ClN4O3/c1-4-11-27(20(29)13-16(2)3)15-21(30)28-12-6-5-10-19(28)23-25-22(26-31-23)17-8-7-9-18(24)14-17/h4,7-9,14,16,19H,1,5-6,10-13,15H2,2-3H3. The molecule has 0 radical (unpaired) electrons. The van der Waals surface area contributed by atoms with Crippen LogP contribution in [-0.4, -0.2) is 51.4 Å². The highest BCUT2D eigenvalue weighted by Gasteiger charge is 2.33. The summed E-state index contributed by atoms with van der Waals surface area (Å²) in [6.45, 7) is 8.65. The first kappa shape index (κ1) is 23.0. The van der Waals surface area contributed by atoms with Gasteiger partial charge >= 0.3 is 0 Å². The van der Waals surface area contributed by atoms with Crippen LogP contribution in [-0.2, 0) is 9.59 Å². The Morgan fingerprint density at radius 1 is 1.39 bits per heavy atom. The van der Waals surface area contributed by atoms with Crippen LogP contribution in [0.15, 0.2) is 41.4 Å². The lowest BCUT2D eigenvalue weighted by molar-refractivity contribution is -0.143. The van der Waals surface area contributed by atoms with E-state index < -0.39 is 0 Å². The molecule has 2 aromatic rings. The van der Waals surface area contributed by atoms with Gasteiger partial charge in [0.25, 0.3) is 0 Å². The first-order valence-corrected chi connectivity index (χ1v) is 11.0. The second-order valence-corrected chi connectivity index (χ2v) is 8.66. The summed E-state index contributed by atoms with van der Waals surface area (Å²) >= 11 is 6.07. The van der Waals surface area contributed by atoms with E-state index in [2.05, 4.69) is 16.7 Å². The second kappa shape index (κ2) is 10.6. The molecule has 1 aliphatic heterocycles. The average molecular weight is 445 g/mol. The Labute approximate surface area is 188 Å². The van der Waals surface area contributed by atoms with Crippen LogP contribution in [0, 0.1) is 5.92 Å². The van der Waals surface area contributed by atoms with Crippen LogP contribution in [0.3, 0.4) is 0 Å². The molecule has 7 nitrogen and oxygen atoms in total. The zero-order valence-electron chi connectivity index (χ0n) is 18.1. The number of carbonyl (C=O) groups excluding carboxylic acids is 2. The van der Waals surface area contributed by atoms with Gasteiger partial charge in [-0.25, -0.2) is 0 Å². The van der Waals surface area contributed by atoms with Gasteiger partial charge in [-0.3, -0.25) is 9.59 Å². The number of piperidine rings is 1. The van der Waals surface area contributed by atoms with Gasteiger partial charge in [0.15, 0.2) is 0 Å². The Morgan fingerprint density at radius 2 is 2.19 bits per heavy atom. The van der Waals surface area contributed by atoms with Crippen molar-refractivity contribution >= 4 is 23.4 Å². The van der Waals surface area contributed by atoms with Crippen molar-refractivity contribution in [2.75, 3.05) is 19.6 Å². The summed E-state index contributed by atoms with van der Waals surface area (Å²) in [5.41, 5.74) is 0.757. The summed E-state index contributed by atoms with van der Waals surface area (Å²) in [6.07, 6.45) is 4.65. The monoisotopic (exact) mass is 444 g/mol. The van der Waals surface area contributed by atoms with Gasteiger partial charge in [0.2, 0.25) is 23.5 Å². The van der Waals surface area contributed by atoms with Crippen molar-refractivity contribution in [1.82, 2.24) is 19.9 Å². The smallest absolute Gasteiger partial charge is 0.249 e. The van der Waals surface area contributed by atoms with Gasteiger partial charge in [0.1, 0.15) is 12.6 Å². The molecule has 0 spiro atoms. The first-order valence-electron chi connectivity index (χ1n) is 10.7. The zero-order chi connectivity index (χ0) is 22.4. The molecule has 1 fully saturated rings. The van der Waals surface area contributed by atoms with Crippen LogP contribution in [0.5, 0.6) is 0 Å². The molecule has 31 heavy (non-hydrogen) atoms. The SMILES string of the molecule is C=CCN(CC(=O)N1CCCCC1c1nc(-c2cccc(Cl)c2)no1)C(=O)CC(C)C. The van der Waals surface area contributed by atoms with Crippen molar-refractivity contribution in [3.63, 3.8) is 0 Å². The van der Waals surface area contributed by atoms with Crippen molar-refractivity contribution in [2.45, 2.75) is 45.6 Å². The number of likely N-dealkylation sites (tertiary alicyclic amines) is 1. The number of hydrogen-bond donors (Lipinski definition) is 0. The van der Waals surface area contributed by atoms with E-state index in [9.17, 15) is 9.59 Å². The van der Waals surface area contributed by atoms with Crippen LogP contribution >= 0.6 is 11.6 Å². The molecule has 1 unspecified atom stereocenters. The maximum absolute atomic E-state index is 13.2. The van der Waals surface area contributed by atoms with E-state index >= 15 is 0 Å².